The Morgan fingerprint density at radius 1 is 1.08 bits per heavy atom. The molecule has 0 spiro atoms. The zero-order valence-electron chi connectivity index (χ0n) is 21.0. The highest BCUT2D eigenvalue weighted by Crippen LogP contribution is 2.28. The van der Waals surface area contributed by atoms with E-state index in [4.69, 9.17) is 19.1 Å². The summed E-state index contributed by atoms with van der Waals surface area (Å²) in [6, 6.07) is 11.9. The van der Waals surface area contributed by atoms with Crippen molar-refractivity contribution in [2.24, 2.45) is 0 Å². The van der Waals surface area contributed by atoms with Gasteiger partial charge in [0.1, 0.15) is 12.6 Å². The Morgan fingerprint density at radius 3 is 2.53 bits per heavy atom. The number of carbonyl (C=O) groups excluding carboxylic acids is 2. The Hall–Kier alpha value is -4.09. The summed E-state index contributed by atoms with van der Waals surface area (Å²) in [6.45, 7) is -0.534. The van der Waals surface area contributed by atoms with Crippen LogP contribution in [0.3, 0.4) is 0 Å². The normalized spacial score (nSPS) is 11.7. The van der Waals surface area contributed by atoms with Gasteiger partial charge < -0.3 is 24.4 Å². The van der Waals surface area contributed by atoms with Crippen LogP contribution in [0.25, 0.3) is 0 Å². The number of aryl methyl sites for hydroxylation is 1. The predicted octanol–water partition coefficient (Wildman–Crippen LogP) is 3.34. The van der Waals surface area contributed by atoms with Gasteiger partial charge in [-0.25, -0.2) is 4.98 Å². The number of hydrogen-bond acceptors (Lipinski definition) is 10. The molecule has 4 aromatic rings. The molecule has 0 fully saturated rings. The number of benzene rings is 2. The molecule has 0 saturated heterocycles. The second-order valence-corrected chi connectivity index (χ2v) is 9.22. The summed E-state index contributed by atoms with van der Waals surface area (Å²) >= 11 is 1.47. The van der Waals surface area contributed by atoms with Crippen LogP contribution < -0.4 is 14.8 Å². The molecule has 1 amide bonds. The molecule has 198 valence electrons. The van der Waals surface area contributed by atoms with Gasteiger partial charge in [0.2, 0.25) is 11.8 Å². The molecule has 0 unspecified atom stereocenters. The first-order chi connectivity index (χ1) is 18.5. The summed E-state index contributed by atoms with van der Waals surface area (Å²) in [7, 11) is 3.15. The number of carbonyl (C=O) groups is 2. The SMILES string of the molecule is COc1ccc(CCC(=O)N[C@@H](Cc2cscn2)c2nc(Cc3ccc(C(=O)CO)cc3)no2)cc1OC. The second kappa shape index (κ2) is 12.9. The minimum absolute atomic E-state index is 0.163. The zero-order valence-corrected chi connectivity index (χ0v) is 21.9. The highest BCUT2D eigenvalue weighted by atomic mass is 32.1. The Bertz CT molecular complexity index is 1350. The third-order valence-electron chi connectivity index (χ3n) is 5.88. The van der Waals surface area contributed by atoms with E-state index in [1.165, 1.54) is 11.3 Å². The van der Waals surface area contributed by atoms with Crippen molar-refractivity contribution in [1.29, 1.82) is 0 Å². The van der Waals surface area contributed by atoms with Crippen LogP contribution in [0.5, 0.6) is 11.5 Å². The van der Waals surface area contributed by atoms with E-state index in [0.717, 1.165) is 16.8 Å². The molecular weight excluding hydrogens is 508 g/mol. The first-order valence-corrected chi connectivity index (χ1v) is 12.9. The highest BCUT2D eigenvalue weighted by molar-refractivity contribution is 7.07. The van der Waals surface area contributed by atoms with Crippen LogP contribution in [0, 0.1) is 0 Å². The third kappa shape index (κ3) is 7.02. The molecule has 0 saturated carbocycles. The van der Waals surface area contributed by atoms with E-state index in [9.17, 15) is 9.59 Å². The number of thiazole rings is 1. The molecule has 0 aliphatic rings. The van der Waals surface area contributed by atoms with Crippen LogP contribution in [0.15, 0.2) is 57.9 Å². The van der Waals surface area contributed by atoms with Crippen LogP contribution in [0.2, 0.25) is 0 Å². The Labute approximate surface area is 223 Å². The van der Waals surface area contributed by atoms with Crippen LogP contribution in [-0.2, 0) is 24.1 Å². The molecule has 10 nitrogen and oxygen atoms in total. The minimum atomic E-state index is -0.541. The standard InChI is InChI=1S/C27H28N4O6S/c1-35-23-9-5-17(11-24(23)36-2)6-10-26(34)29-21(13-20-15-38-16-28-20)27-30-25(31-37-27)12-18-3-7-19(8-4-18)22(33)14-32/h3-5,7-9,11,15-16,21,32H,6,10,12-14H2,1-2H3,(H,29,34)/t21-/m0/s1. The number of Topliss-reactive ketones (excluding diaryl/α,β-unsaturated/α-hetero) is 1. The van der Waals surface area contributed by atoms with Gasteiger partial charge in [-0.3, -0.25) is 9.59 Å². The lowest BCUT2D eigenvalue weighted by molar-refractivity contribution is -0.122. The largest absolute Gasteiger partial charge is 0.493 e. The van der Waals surface area contributed by atoms with Gasteiger partial charge in [-0.05, 0) is 29.7 Å². The van der Waals surface area contributed by atoms with Gasteiger partial charge in [0.05, 0.1) is 25.4 Å². The van der Waals surface area contributed by atoms with E-state index in [2.05, 4.69) is 20.4 Å². The average Bonchev–Trinajstić information content (AvgIpc) is 3.63. The zero-order chi connectivity index (χ0) is 26.9. The van der Waals surface area contributed by atoms with Crippen molar-refractivity contribution in [3.05, 3.63) is 87.5 Å². The number of nitrogens with zero attached hydrogens (tertiary/aromatic N) is 3. The van der Waals surface area contributed by atoms with Crippen molar-refractivity contribution in [1.82, 2.24) is 20.4 Å². The molecule has 1 atom stereocenters. The molecule has 0 radical (unpaired) electrons. The fourth-order valence-electron chi connectivity index (χ4n) is 3.87. The summed E-state index contributed by atoms with van der Waals surface area (Å²) in [5.41, 5.74) is 4.80. The first kappa shape index (κ1) is 27.0. The first-order valence-electron chi connectivity index (χ1n) is 11.9. The summed E-state index contributed by atoms with van der Waals surface area (Å²) in [5.74, 6) is 1.48. The lowest BCUT2D eigenvalue weighted by Gasteiger charge is -2.14. The van der Waals surface area contributed by atoms with Crippen LogP contribution in [0.4, 0.5) is 0 Å². The van der Waals surface area contributed by atoms with Gasteiger partial charge in [-0.1, -0.05) is 35.5 Å². The van der Waals surface area contributed by atoms with Crippen molar-refractivity contribution in [2.45, 2.75) is 31.7 Å². The third-order valence-corrected chi connectivity index (χ3v) is 6.52. The van der Waals surface area contributed by atoms with Gasteiger partial charge in [-0.15, -0.1) is 11.3 Å². The highest BCUT2D eigenvalue weighted by Gasteiger charge is 2.23. The quantitative estimate of drug-likeness (QED) is 0.247. The van der Waals surface area contributed by atoms with Crippen LogP contribution >= 0.6 is 11.3 Å². The number of amides is 1. The van der Waals surface area contributed by atoms with E-state index >= 15 is 0 Å². The number of methoxy groups -OCH3 is 2. The van der Waals surface area contributed by atoms with E-state index in [1.54, 1.807) is 44.0 Å². The lowest BCUT2D eigenvalue weighted by Crippen LogP contribution is -2.30. The van der Waals surface area contributed by atoms with Gasteiger partial charge in [0.15, 0.2) is 23.1 Å². The number of ether oxygens (including phenoxy) is 2. The van der Waals surface area contributed by atoms with Crippen LogP contribution in [0.1, 0.15) is 51.4 Å². The summed E-state index contributed by atoms with van der Waals surface area (Å²) in [5, 5.41) is 18.0. The summed E-state index contributed by atoms with van der Waals surface area (Å²) in [6.07, 6.45) is 1.56. The van der Waals surface area contributed by atoms with Crippen molar-refractivity contribution < 1.29 is 28.7 Å². The molecule has 11 heteroatoms. The number of aromatic nitrogens is 3. The Morgan fingerprint density at radius 2 is 1.84 bits per heavy atom. The van der Waals surface area contributed by atoms with Gasteiger partial charge in [0, 0.05) is 30.2 Å². The second-order valence-electron chi connectivity index (χ2n) is 8.50. The van der Waals surface area contributed by atoms with E-state index in [-0.39, 0.29) is 18.1 Å². The number of nitrogens with one attached hydrogen (secondary N) is 1. The van der Waals surface area contributed by atoms with Crippen LogP contribution in [-0.4, -0.2) is 52.7 Å². The van der Waals surface area contributed by atoms with Crippen molar-refractivity contribution in [3.8, 4) is 11.5 Å². The number of aliphatic hydroxyl groups is 1. The maximum atomic E-state index is 12.9. The molecule has 2 heterocycles. The Balaban J connectivity index is 1.42. The summed E-state index contributed by atoms with van der Waals surface area (Å²) in [4.78, 5) is 33.4. The van der Waals surface area contributed by atoms with E-state index in [1.807, 2.05) is 23.6 Å². The smallest absolute Gasteiger partial charge is 0.249 e. The molecule has 2 aromatic carbocycles. The minimum Gasteiger partial charge on any atom is -0.493 e. The molecular formula is C27H28N4O6S. The lowest BCUT2D eigenvalue weighted by atomic mass is 10.1. The monoisotopic (exact) mass is 536 g/mol. The fourth-order valence-corrected chi connectivity index (χ4v) is 4.44. The van der Waals surface area contributed by atoms with Gasteiger partial charge >= 0.3 is 0 Å². The molecule has 4 rings (SSSR count). The van der Waals surface area contributed by atoms with Crippen molar-refractivity contribution in [3.63, 3.8) is 0 Å². The van der Waals surface area contributed by atoms with Gasteiger partial charge in [-0.2, -0.15) is 4.98 Å². The fraction of sp³-hybridized carbons (Fsp3) is 0.296. The molecule has 2 aromatic heterocycles. The number of hydrogen-bond donors (Lipinski definition) is 2. The van der Waals surface area contributed by atoms with Crippen molar-refractivity contribution in [2.75, 3.05) is 20.8 Å². The van der Waals surface area contributed by atoms with Crippen molar-refractivity contribution >= 4 is 23.0 Å². The van der Waals surface area contributed by atoms with E-state index in [0.29, 0.717) is 48.0 Å². The Kier molecular flexibility index (Phi) is 9.17. The molecule has 0 aliphatic carbocycles. The predicted molar refractivity (Wildman–Crippen MR) is 140 cm³/mol. The van der Waals surface area contributed by atoms with E-state index < -0.39 is 12.6 Å². The topological polar surface area (TPSA) is 137 Å². The maximum absolute atomic E-state index is 12.9. The number of aliphatic hydroxyl groups excluding tert-OH is 1. The number of rotatable bonds is 13. The van der Waals surface area contributed by atoms with Gasteiger partial charge in [0.25, 0.3) is 0 Å². The summed E-state index contributed by atoms with van der Waals surface area (Å²) < 4.78 is 16.1. The molecule has 0 bridgehead atoms. The average molecular weight is 537 g/mol. The number of ketones is 1. The maximum Gasteiger partial charge on any atom is 0.249 e. The molecule has 0 aliphatic heterocycles. The molecule has 2 N–H and O–H groups in total. The molecule has 38 heavy (non-hydrogen) atoms.